The molecule has 0 spiro atoms. The summed E-state index contributed by atoms with van der Waals surface area (Å²) in [5.41, 5.74) is 4.19. The van der Waals surface area contributed by atoms with Crippen LogP contribution in [-0.4, -0.2) is 61.3 Å². The summed E-state index contributed by atoms with van der Waals surface area (Å²) in [5, 5.41) is 3.21. The Bertz CT molecular complexity index is 679. The van der Waals surface area contributed by atoms with E-state index < -0.39 is 0 Å². The van der Waals surface area contributed by atoms with Crippen molar-refractivity contribution in [2.75, 3.05) is 39.3 Å². The molecule has 160 valence electrons. The molecule has 5 nitrogen and oxygen atoms in total. The third kappa shape index (κ3) is 5.52. The van der Waals surface area contributed by atoms with Gasteiger partial charge in [-0.05, 0) is 88.1 Å². The molecule has 2 aliphatic heterocycles. The monoisotopic (exact) mass is 399 g/mol. The average Bonchev–Trinajstić information content (AvgIpc) is 3.27. The minimum absolute atomic E-state index is 0.0455. The summed E-state index contributed by atoms with van der Waals surface area (Å²) in [7, 11) is 0. The molecule has 3 aliphatic rings. The van der Waals surface area contributed by atoms with Gasteiger partial charge in [0.15, 0.2) is 0 Å². The number of hydrogen-bond donors (Lipinski definition) is 1. The van der Waals surface area contributed by atoms with E-state index in [0.717, 1.165) is 39.1 Å². The van der Waals surface area contributed by atoms with Crippen LogP contribution in [0, 0.1) is 0 Å². The molecule has 2 amide bonds. The van der Waals surface area contributed by atoms with Gasteiger partial charge in [-0.15, -0.1) is 0 Å². The fraction of sp³-hybridized carbons (Fsp3) is 0.708. The molecule has 4 rings (SSSR count). The Hall–Kier alpha value is -1.59. The third-order valence-electron chi connectivity index (χ3n) is 6.90. The fourth-order valence-electron chi connectivity index (χ4n) is 4.96. The maximum Gasteiger partial charge on any atom is 0.317 e. The number of rotatable bonds is 6. The lowest BCUT2D eigenvalue weighted by Gasteiger charge is -2.33. The first-order valence-corrected chi connectivity index (χ1v) is 11.7. The predicted octanol–water partition coefficient (Wildman–Crippen LogP) is 3.91. The van der Waals surface area contributed by atoms with Gasteiger partial charge in [-0.25, -0.2) is 4.79 Å². The van der Waals surface area contributed by atoms with Crippen LogP contribution in [0.4, 0.5) is 4.79 Å². The van der Waals surface area contributed by atoms with Gasteiger partial charge in [0.05, 0.1) is 18.8 Å². The molecule has 1 atom stereocenters. The number of ether oxygens (including phenoxy) is 1. The Labute approximate surface area is 175 Å². The predicted molar refractivity (Wildman–Crippen MR) is 116 cm³/mol. The van der Waals surface area contributed by atoms with E-state index in [1.165, 1.54) is 68.3 Å². The molecular formula is C24H37N3O2. The SMILES string of the molecule is CC(NC(=O)N1CCC(OCCN2CCCC2)CC1)c1ccc2c(c1)CCCC2. The van der Waals surface area contributed by atoms with Crippen LogP contribution in [-0.2, 0) is 17.6 Å². The zero-order chi connectivity index (χ0) is 20.1. The van der Waals surface area contributed by atoms with Crippen molar-refractivity contribution >= 4 is 6.03 Å². The highest BCUT2D eigenvalue weighted by Crippen LogP contribution is 2.25. The largest absolute Gasteiger partial charge is 0.377 e. The van der Waals surface area contributed by atoms with Crippen LogP contribution in [0.5, 0.6) is 0 Å². The molecule has 0 saturated carbocycles. The van der Waals surface area contributed by atoms with Crippen LogP contribution >= 0.6 is 0 Å². The lowest BCUT2D eigenvalue weighted by Crippen LogP contribution is -2.46. The van der Waals surface area contributed by atoms with Crippen LogP contribution in [0.25, 0.3) is 0 Å². The van der Waals surface area contributed by atoms with Gasteiger partial charge in [0.25, 0.3) is 0 Å². The first kappa shape index (κ1) is 20.7. The molecule has 1 unspecified atom stereocenters. The van der Waals surface area contributed by atoms with Crippen LogP contribution in [0.15, 0.2) is 18.2 Å². The van der Waals surface area contributed by atoms with Crippen LogP contribution in [0.1, 0.15) is 68.2 Å². The molecule has 0 radical (unpaired) electrons. The zero-order valence-electron chi connectivity index (χ0n) is 18.0. The van der Waals surface area contributed by atoms with E-state index in [1.54, 1.807) is 0 Å². The average molecular weight is 400 g/mol. The minimum Gasteiger partial charge on any atom is -0.377 e. The normalized spacial score (nSPS) is 21.8. The summed E-state index contributed by atoms with van der Waals surface area (Å²) in [4.78, 5) is 17.2. The summed E-state index contributed by atoms with van der Waals surface area (Å²) in [6, 6.07) is 6.86. The van der Waals surface area contributed by atoms with Crippen molar-refractivity contribution in [1.82, 2.24) is 15.1 Å². The van der Waals surface area contributed by atoms with Crippen LogP contribution in [0.2, 0.25) is 0 Å². The second-order valence-corrected chi connectivity index (χ2v) is 9.01. The summed E-state index contributed by atoms with van der Waals surface area (Å²) in [6.07, 6.45) is 9.82. The van der Waals surface area contributed by atoms with Crippen LogP contribution in [0.3, 0.4) is 0 Å². The number of hydrogen-bond acceptors (Lipinski definition) is 3. The number of urea groups is 1. The molecule has 5 heteroatoms. The molecule has 2 saturated heterocycles. The highest BCUT2D eigenvalue weighted by molar-refractivity contribution is 5.74. The van der Waals surface area contributed by atoms with Gasteiger partial charge in [-0.2, -0.15) is 0 Å². The quantitative estimate of drug-likeness (QED) is 0.789. The van der Waals surface area contributed by atoms with Gasteiger partial charge in [0.2, 0.25) is 0 Å². The first-order valence-electron chi connectivity index (χ1n) is 11.7. The van der Waals surface area contributed by atoms with E-state index in [2.05, 4.69) is 35.3 Å². The molecule has 1 aliphatic carbocycles. The molecule has 2 heterocycles. The van der Waals surface area contributed by atoms with E-state index in [-0.39, 0.29) is 12.1 Å². The van der Waals surface area contributed by atoms with Crippen molar-refractivity contribution in [1.29, 1.82) is 0 Å². The first-order chi connectivity index (χ1) is 14.2. The lowest BCUT2D eigenvalue weighted by atomic mass is 9.89. The highest BCUT2D eigenvalue weighted by Gasteiger charge is 2.25. The van der Waals surface area contributed by atoms with E-state index >= 15 is 0 Å². The standard InChI is InChI=1S/C24H37N3O2/c1-19(21-9-8-20-6-2-3-7-22(20)18-21)25-24(28)27-14-10-23(11-15-27)29-17-16-26-12-4-5-13-26/h8-9,18-19,23H,2-7,10-17H2,1H3,(H,25,28). The second kappa shape index (κ2) is 9.94. The number of carbonyl (C=O) groups is 1. The zero-order valence-corrected chi connectivity index (χ0v) is 18.0. The molecule has 1 N–H and O–H groups in total. The van der Waals surface area contributed by atoms with E-state index in [9.17, 15) is 4.79 Å². The molecule has 1 aromatic carbocycles. The van der Waals surface area contributed by atoms with Crippen LogP contribution < -0.4 is 5.32 Å². The minimum atomic E-state index is 0.0455. The number of nitrogens with one attached hydrogen (secondary N) is 1. The van der Waals surface area contributed by atoms with Gasteiger partial charge in [-0.3, -0.25) is 0 Å². The smallest absolute Gasteiger partial charge is 0.317 e. The summed E-state index contributed by atoms with van der Waals surface area (Å²) >= 11 is 0. The molecule has 29 heavy (non-hydrogen) atoms. The fourth-order valence-corrected chi connectivity index (χ4v) is 4.96. The number of fused-ring (bicyclic) bond motifs is 1. The lowest BCUT2D eigenvalue weighted by molar-refractivity contribution is 0.00681. The number of amides is 2. The van der Waals surface area contributed by atoms with E-state index in [1.807, 2.05) is 4.90 Å². The van der Waals surface area contributed by atoms with E-state index in [0.29, 0.717) is 6.10 Å². The molecule has 1 aromatic rings. The Morgan fingerprint density at radius 2 is 1.79 bits per heavy atom. The van der Waals surface area contributed by atoms with Crippen molar-refractivity contribution in [2.24, 2.45) is 0 Å². The Morgan fingerprint density at radius 3 is 2.55 bits per heavy atom. The Balaban J connectivity index is 1.19. The van der Waals surface area contributed by atoms with Crippen molar-refractivity contribution in [3.8, 4) is 0 Å². The highest BCUT2D eigenvalue weighted by atomic mass is 16.5. The number of likely N-dealkylation sites (tertiary alicyclic amines) is 2. The van der Waals surface area contributed by atoms with Crippen molar-refractivity contribution < 1.29 is 9.53 Å². The summed E-state index contributed by atoms with van der Waals surface area (Å²) in [6.45, 7) is 8.00. The number of aryl methyl sites for hydroxylation is 2. The van der Waals surface area contributed by atoms with Gasteiger partial charge in [0.1, 0.15) is 0 Å². The topological polar surface area (TPSA) is 44.8 Å². The molecule has 0 bridgehead atoms. The van der Waals surface area contributed by atoms with Gasteiger partial charge in [-0.1, -0.05) is 18.2 Å². The van der Waals surface area contributed by atoms with Crippen molar-refractivity contribution in [3.63, 3.8) is 0 Å². The Morgan fingerprint density at radius 1 is 1.07 bits per heavy atom. The summed E-state index contributed by atoms with van der Waals surface area (Å²) < 4.78 is 6.08. The van der Waals surface area contributed by atoms with Gasteiger partial charge in [0, 0.05) is 19.6 Å². The molecular weight excluding hydrogens is 362 g/mol. The molecule has 2 fully saturated rings. The number of nitrogens with zero attached hydrogens (tertiary/aromatic N) is 2. The number of carbonyl (C=O) groups excluding carboxylic acids is 1. The van der Waals surface area contributed by atoms with Gasteiger partial charge < -0.3 is 19.9 Å². The maximum atomic E-state index is 12.7. The Kier molecular flexibility index (Phi) is 7.09. The maximum absolute atomic E-state index is 12.7. The summed E-state index contributed by atoms with van der Waals surface area (Å²) in [5.74, 6) is 0. The van der Waals surface area contributed by atoms with Crippen molar-refractivity contribution in [2.45, 2.75) is 70.4 Å². The third-order valence-corrected chi connectivity index (χ3v) is 6.90. The van der Waals surface area contributed by atoms with Gasteiger partial charge >= 0.3 is 6.03 Å². The second-order valence-electron chi connectivity index (χ2n) is 9.01. The molecule has 0 aromatic heterocycles. The number of piperidine rings is 1. The van der Waals surface area contributed by atoms with Crippen molar-refractivity contribution in [3.05, 3.63) is 34.9 Å². The van der Waals surface area contributed by atoms with E-state index in [4.69, 9.17) is 4.74 Å². The number of benzene rings is 1.